The van der Waals surface area contributed by atoms with Gasteiger partial charge in [0.1, 0.15) is 5.75 Å². The van der Waals surface area contributed by atoms with E-state index in [0.717, 1.165) is 44.6 Å². The summed E-state index contributed by atoms with van der Waals surface area (Å²) >= 11 is 5.97. The minimum Gasteiger partial charge on any atom is -0.476 e. The third-order valence-electron chi connectivity index (χ3n) is 5.86. The summed E-state index contributed by atoms with van der Waals surface area (Å²) in [5.74, 6) is 0.687. The Morgan fingerprint density at radius 1 is 1.04 bits per heavy atom. The third-order valence-corrected chi connectivity index (χ3v) is 6.11. The molecule has 27 heavy (non-hydrogen) atoms. The van der Waals surface area contributed by atoms with Crippen molar-refractivity contribution in [3.05, 3.63) is 65.2 Å². The second kappa shape index (κ2) is 7.91. The van der Waals surface area contributed by atoms with Gasteiger partial charge in [0.2, 0.25) is 6.10 Å². The van der Waals surface area contributed by atoms with Crippen molar-refractivity contribution in [1.29, 1.82) is 0 Å². The molecule has 4 rings (SSSR count). The average Bonchev–Trinajstić information content (AvgIpc) is 3.16. The zero-order valence-corrected chi connectivity index (χ0v) is 16.1. The highest BCUT2D eigenvalue weighted by Crippen LogP contribution is 2.38. The number of ether oxygens (including phenoxy) is 1. The summed E-state index contributed by atoms with van der Waals surface area (Å²) < 4.78 is 6.13. The highest BCUT2D eigenvalue weighted by molar-refractivity contribution is 6.30. The minimum atomic E-state index is -0.636. The van der Waals surface area contributed by atoms with Crippen LogP contribution in [0.3, 0.4) is 0 Å². The van der Waals surface area contributed by atoms with E-state index in [2.05, 4.69) is 5.32 Å². The van der Waals surface area contributed by atoms with Crippen LogP contribution in [0.4, 0.5) is 0 Å². The van der Waals surface area contributed by atoms with Gasteiger partial charge in [0.05, 0.1) is 0 Å². The van der Waals surface area contributed by atoms with Gasteiger partial charge in [0.25, 0.3) is 5.91 Å². The van der Waals surface area contributed by atoms with Crippen LogP contribution in [0, 0.1) is 5.41 Å². The number of carbonyl (C=O) groups is 1. The van der Waals surface area contributed by atoms with Crippen molar-refractivity contribution >= 4 is 17.5 Å². The number of nitrogens with zero attached hydrogens (tertiary/aromatic N) is 1. The van der Waals surface area contributed by atoms with E-state index in [0.29, 0.717) is 16.2 Å². The lowest BCUT2D eigenvalue weighted by Crippen LogP contribution is -2.46. The maximum Gasteiger partial charge on any atom is 0.268 e. The molecule has 1 unspecified atom stereocenters. The number of benzene rings is 2. The first kappa shape index (κ1) is 18.3. The first-order chi connectivity index (χ1) is 13.2. The number of likely N-dealkylation sites (tertiary alicyclic amines) is 1. The second-order valence-corrected chi connectivity index (χ2v) is 8.05. The number of hydrogen-bond donors (Lipinski definition) is 1. The number of halogens is 1. The molecular formula is C22H25ClN2O2. The molecular weight excluding hydrogens is 360 g/mol. The van der Waals surface area contributed by atoms with E-state index in [-0.39, 0.29) is 5.91 Å². The van der Waals surface area contributed by atoms with Gasteiger partial charge in [-0.2, -0.15) is 0 Å². The molecule has 142 valence electrons. The Morgan fingerprint density at radius 2 is 1.74 bits per heavy atom. The van der Waals surface area contributed by atoms with Crippen molar-refractivity contribution < 1.29 is 9.53 Å². The van der Waals surface area contributed by atoms with Crippen LogP contribution in [-0.4, -0.2) is 37.0 Å². The van der Waals surface area contributed by atoms with Crippen molar-refractivity contribution in [1.82, 2.24) is 10.2 Å². The molecule has 5 heteroatoms. The average molecular weight is 385 g/mol. The maximum absolute atomic E-state index is 13.3. The number of nitrogens with one attached hydrogen (secondary N) is 1. The molecule has 0 aromatic heterocycles. The van der Waals surface area contributed by atoms with Gasteiger partial charge in [-0.1, -0.05) is 41.9 Å². The van der Waals surface area contributed by atoms with Crippen molar-refractivity contribution in [2.75, 3.05) is 26.2 Å². The summed E-state index contributed by atoms with van der Waals surface area (Å²) in [4.78, 5) is 15.3. The summed E-state index contributed by atoms with van der Waals surface area (Å²) in [5, 5.41) is 4.12. The van der Waals surface area contributed by atoms with E-state index in [1.165, 1.54) is 6.42 Å². The second-order valence-electron chi connectivity index (χ2n) is 7.61. The molecule has 2 aromatic rings. The van der Waals surface area contributed by atoms with Gasteiger partial charge in [-0.05, 0) is 55.5 Å². The van der Waals surface area contributed by atoms with Gasteiger partial charge in [0, 0.05) is 30.2 Å². The molecule has 4 nitrogen and oxygen atoms in total. The van der Waals surface area contributed by atoms with Crippen LogP contribution in [0.5, 0.6) is 5.75 Å². The molecule has 2 saturated heterocycles. The lowest BCUT2D eigenvalue weighted by molar-refractivity contribution is -0.141. The molecule has 1 spiro atoms. The van der Waals surface area contributed by atoms with E-state index in [9.17, 15) is 4.79 Å². The van der Waals surface area contributed by atoms with Gasteiger partial charge < -0.3 is 15.0 Å². The lowest BCUT2D eigenvalue weighted by atomic mass is 9.77. The Kier molecular flexibility index (Phi) is 5.37. The minimum absolute atomic E-state index is 0.0388. The van der Waals surface area contributed by atoms with Gasteiger partial charge in [-0.25, -0.2) is 0 Å². The molecule has 2 aromatic carbocycles. The summed E-state index contributed by atoms with van der Waals surface area (Å²) in [6.45, 7) is 3.78. The molecule has 1 atom stereocenters. The number of carbonyl (C=O) groups excluding carboxylic acids is 1. The molecule has 0 radical (unpaired) electrons. The largest absolute Gasteiger partial charge is 0.476 e. The fourth-order valence-corrected chi connectivity index (χ4v) is 4.25. The Balaban J connectivity index is 1.51. The molecule has 0 saturated carbocycles. The zero-order valence-electron chi connectivity index (χ0n) is 15.4. The van der Waals surface area contributed by atoms with E-state index < -0.39 is 6.10 Å². The quantitative estimate of drug-likeness (QED) is 0.864. The van der Waals surface area contributed by atoms with E-state index >= 15 is 0 Å². The van der Waals surface area contributed by atoms with Crippen molar-refractivity contribution in [2.45, 2.75) is 25.4 Å². The highest BCUT2D eigenvalue weighted by atomic mass is 35.5. The third kappa shape index (κ3) is 4.12. The number of hydrogen-bond acceptors (Lipinski definition) is 3. The van der Waals surface area contributed by atoms with Crippen LogP contribution in [0.15, 0.2) is 54.6 Å². The van der Waals surface area contributed by atoms with Crippen LogP contribution in [0.2, 0.25) is 5.02 Å². The fourth-order valence-electron chi connectivity index (χ4n) is 4.13. The van der Waals surface area contributed by atoms with Crippen molar-refractivity contribution in [3.63, 3.8) is 0 Å². The summed E-state index contributed by atoms with van der Waals surface area (Å²) in [5.41, 5.74) is 1.26. The normalized spacial score (nSPS) is 19.8. The Labute approximate surface area is 165 Å². The number of amides is 1. The SMILES string of the molecule is O=C(C(Oc1ccc(Cl)cc1)c1ccccc1)N1CCC2(CCNC2)CC1. The number of rotatable bonds is 4. The molecule has 2 heterocycles. The smallest absolute Gasteiger partial charge is 0.268 e. The monoisotopic (exact) mass is 384 g/mol. The topological polar surface area (TPSA) is 41.6 Å². The van der Waals surface area contributed by atoms with E-state index in [1.54, 1.807) is 24.3 Å². The maximum atomic E-state index is 13.3. The number of piperidine rings is 1. The molecule has 2 fully saturated rings. The Bertz CT molecular complexity index is 763. The van der Waals surface area contributed by atoms with E-state index in [4.69, 9.17) is 16.3 Å². The Hall–Kier alpha value is -2.04. The van der Waals surface area contributed by atoms with Crippen LogP contribution in [-0.2, 0) is 4.79 Å². The Morgan fingerprint density at radius 3 is 2.37 bits per heavy atom. The van der Waals surface area contributed by atoms with Crippen LogP contribution in [0.25, 0.3) is 0 Å². The van der Waals surface area contributed by atoms with Gasteiger partial charge in [0.15, 0.2) is 0 Å². The van der Waals surface area contributed by atoms with E-state index in [1.807, 2.05) is 35.2 Å². The first-order valence-corrected chi connectivity index (χ1v) is 10.00. The standard InChI is InChI=1S/C22H25ClN2O2/c23-18-6-8-19(9-7-18)27-20(17-4-2-1-3-5-17)21(26)25-14-11-22(12-15-25)10-13-24-16-22/h1-9,20,24H,10-16H2. The van der Waals surface area contributed by atoms with Gasteiger partial charge >= 0.3 is 0 Å². The van der Waals surface area contributed by atoms with Crippen molar-refractivity contribution in [2.24, 2.45) is 5.41 Å². The van der Waals surface area contributed by atoms with Crippen LogP contribution >= 0.6 is 11.6 Å². The summed E-state index contributed by atoms with van der Waals surface area (Å²) in [7, 11) is 0. The van der Waals surface area contributed by atoms with Crippen molar-refractivity contribution in [3.8, 4) is 5.75 Å². The first-order valence-electron chi connectivity index (χ1n) is 9.62. The molecule has 2 aliphatic heterocycles. The van der Waals surface area contributed by atoms with Gasteiger partial charge in [-0.15, -0.1) is 0 Å². The van der Waals surface area contributed by atoms with Crippen LogP contribution < -0.4 is 10.1 Å². The summed E-state index contributed by atoms with van der Waals surface area (Å²) in [6, 6.07) is 16.9. The predicted molar refractivity (Wildman–Crippen MR) is 107 cm³/mol. The van der Waals surface area contributed by atoms with Gasteiger partial charge in [-0.3, -0.25) is 4.79 Å². The predicted octanol–water partition coefficient (Wildman–Crippen LogP) is 4.06. The van der Waals surface area contributed by atoms with Crippen LogP contribution in [0.1, 0.15) is 30.9 Å². The highest BCUT2D eigenvalue weighted by Gasteiger charge is 2.39. The zero-order chi connectivity index (χ0) is 18.7. The molecule has 1 N–H and O–H groups in total. The molecule has 1 amide bonds. The molecule has 0 aliphatic carbocycles. The molecule has 2 aliphatic rings. The lowest BCUT2D eigenvalue weighted by Gasteiger charge is -2.40. The fraction of sp³-hybridized carbons (Fsp3) is 0.409. The summed E-state index contributed by atoms with van der Waals surface area (Å²) in [6.07, 6.45) is 2.71. The molecule has 0 bridgehead atoms.